The summed E-state index contributed by atoms with van der Waals surface area (Å²) in [4.78, 5) is 0. The Morgan fingerprint density at radius 2 is 2.06 bits per heavy atom. The van der Waals surface area contributed by atoms with Gasteiger partial charge in [0.15, 0.2) is 5.79 Å². The molecule has 0 atom stereocenters. The molecule has 17 heavy (non-hydrogen) atoms. The number of unbranched alkanes of at least 4 members (excludes halogenated alkanes) is 2. The number of hydrogen-bond donors (Lipinski definition) is 0. The van der Waals surface area contributed by atoms with Crippen LogP contribution in [0.5, 0.6) is 0 Å². The number of rotatable bonds is 2. The average Bonchev–Trinajstić information content (AvgIpc) is 2.84. The van der Waals surface area contributed by atoms with Crippen LogP contribution >= 0.6 is 0 Å². The zero-order chi connectivity index (χ0) is 12.8. The van der Waals surface area contributed by atoms with Crippen LogP contribution in [0.4, 0.5) is 0 Å². The Labute approximate surface area is 106 Å². The molecular formula is C15H22O2. The summed E-state index contributed by atoms with van der Waals surface area (Å²) in [6, 6.07) is 0.527. The largest absolute Gasteiger partial charge is 0.348 e. The standard InChI is InChI=1S/C15H22O2/c1-2-3-4-5-6-7-14-8-10-15(11-9-14)16-12-13-17-15/h7H,2-4,8-13H2,1H3/i7D. The van der Waals surface area contributed by atoms with E-state index in [9.17, 15) is 0 Å². The van der Waals surface area contributed by atoms with Crippen molar-refractivity contribution in [1.82, 2.24) is 0 Å². The van der Waals surface area contributed by atoms with Crippen molar-refractivity contribution < 1.29 is 10.8 Å². The van der Waals surface area contributed by atoms with Gasteiger partial charge in [0.2, 0.25) is 0 Å². The highest BCUT2D eigenvalue weighted by Gasteiger charge is 2.38. The molecule has 1 spiro atoms. The van der Waals surface area contributed by atoms with Gasteiger partial charge in [-0.05, 0) is 25.3 Å². The van der Waals surface area contributed by atoms with Gasteiger partial charge in [-0.2, -0.15) is 0 Å². The van der Waals surface area contributed by atoms with Crippen molar-refractivity contribution in [3.63, 3.8) is 0 Å². The van der Waals surface area contributed by atoms with Gasteiger partial charge in [-0.15, -0.1) is 0 Å². The third-order valence-corrected chi connectivity index (χ3v) is 3.41. The fourth-order valence-corrected chi connectivity index (χ4v) is 2.30. The van der Waals surface area contributed by atoms with Crippen molar-refractivity contribution in [2.75, 3.05) is 13.2 Å². The third-order valence-electron chi connectivity index (χ3n) is 3.41. The van der Waals surface area contributed by atoms with Gasteiger partial charge in [-0.1, -0.05) is 30.8 Å². The van der Waals surface area contributed by atoms with E-state index in [-0.39, 0.29) is 5.79 Å². The second-order valence-corrected chi connectivity index (χ2v) is 4.74. The van der Waals surface area contributed by atoms with Gasteiger partial charge in [0.05, 0.1) is 14.6 Å². The van der Waals surface area contributed by atoms with E-state index in [1.165, 1.54) is 5.57 Å². The van der Waals surface area contributed by atoms with Crippen LogP contribution in [-0.4, -0.2) is 19.0 Å². The van der Waals surface area contributed by atoms with Crippen LogP contribution in [0, 0.1) is 11.8 Å². The Hall–Kier alpha value is -0.780. The van der Waals surface area contributed by atoms with Gasteiger partial charge in [0, 0.05) is 19.3 Å². The second-order valence-electron chi connectivity index (χ2n) is 4.74. The number of ether oxygens (including phenoxy) is 2. The molecule has 1 aliphatic heterocycles. The molecular weight excluding hydrogens is 212 g/mol. The minimum Gasteiger partial charge on any atom is -0.348 e. The Morgan fingerprint density at radius 1 is 1.35 bits per heavy atom. The van der Waals surface area contributed by atoms with Crippen LogP contribution in [0.15, 0.2) is 11.6 Å². The molecule has 0 unspecified atom stereocenters. The first-order valence-corrected chi connectivity index (χ1v) is 6.71. The number of hydrogen-bond acceptors (Lipinski definition) is 2. The molecule has 2 rings (SSSR count). The SMILES string of the molecule is [2H]C(C#CCCCC)=C1CCC2(CC1)OCCO2. The first-order chi connectivity index (χ1) is 8.76. The van der Waals surface area contributed by atoms with Crippen LogP contribution in [0.2, 0.25) is 0 Å². The molecule has 0 N–H and O–H groups in total. The van der Waals surface area contributed by atoms with Crippen molar-refractivity contribution in [1.29, 1.82) is 0 Å². The fourth-order valence-electron chi connectivity index (χ4n) is 2.30. The summed E-state index contributed by atoms with van der Waals surface area (Å²) >= 11 is 0. The first kappa shape index (κ1) is 11.3. The highest BCUT2D eigenvalue weighted by atomic mass is 16.7. The molecule has 94 valence electrons. The maximum absolute atomic E-state index is 7.99. The monoisotopic (exact) mass is 235 g/mol. The van der Waals surface area contributed by atoms with Crippen LogP contribution in [-0.2, 0) is 9.47 Å². The zero-order valence-electron chi connectivity index (χ0n) is 11.7. The third kappa shape index (κ3) is 3.59. The summed E-state index contributed by atoms with van der Waals surface area (Å²) < 4.78 is 19.3. The van der Waals surface area contributed by atoms with Crippen LogP contribution < -0.4 is 0 Å². The summed E-state index contributed by atoms with van der Waals surface area (Å²) in [6.45, 7) is 3.58. The van der Waals surface area contributed by atoms with Gasteiger partial charge < -0.3 is 9.47 Å². The number of allylic oxidation sites excluding steroid dienone is 2. The van der Waals surface area contributed by atoms with Gasteiger partial charge in [-0.3, -0.25) is 0 Å². The Kier molecular flexibility index (Phi) is 4.15. The van der Waals surface area contributed by atoms with Crippen molar-refractivity contribution in [2.45, 2.75) is 57.7 Å². The van der Waals surface area contributed by atoms with Gasteiger partial charge in [0.1, 0.15) is 0 Å². The van der Waals surface area contributed by atoms with E-state index in [0.29, 0.717) is 19.3 Å². The minimum absolute atomic E-state index is 0.334. The van der Waals surface area contributed by atoms with Gasteiger partial charge >= 0.3 is 0 Å². The quantitative estimate of drug-likeness (QED) is 0.539. The zero-order valence-corrected chi connectivity index (χ0v) is 10.7. The lowest BCUT2D eigenvalue weighted by Crippen LogP contribution is -2.33. The summed E-state index contributed by atoms with van der Waals surface area (Å²) in [5.41, 5.74) is 1.17. The Bertz CT molecular complexity index is 358. The molecule has 0 aromatic heterocycles. The molecule has 0 radical (unpaired) electrons. The molecule has 0 aromatic rings. The van der Waals surface area contributed by atoms with Gasteiger partial charge in [0.25, 0.3) is 0 Å². The lowest BCUT2D eigenvalue weighted by atomic mass is 9.89. The lowest BCUT2D eigenvalue weighted by Gasteiger charge is -2.32. The average molecular weight is 235 g/mol. The minimum atomic E-state index is -0.334. The summed E-state index contributed by atoms with van der Waals surface area (Å²) in [5.74, 6) is 5.73. The van der Waals surface area contributed by atoms with Crippen molar-refractivity contribution in [3.05, 3.63) is 11.6 Å². The normalized spacial score (nSPS) is 23.1. The van der Waals surface area contributed by atoms with Crippen LogP contribution in [0.3, 0.4) is 0 Å². The highest BCUT2D eigenvalue weighted by Crippen LogP contribution is 2.37. The summed E-state index contributed by atoms with van der Waals surface area (Å²) in [7, 11) is 0. The molecule has 0 bridgehead atoms. The van der Waals surface area contributed by atoms with E-state index < -0.39 is 0 Å². The summed E-state index contributed by atoms with van der Waals surface area (Å²) in [6.07, 6.45) is 6.73. The van der Waals surface area contributed by atoms with Crippen molar-refractivity contribution >= 4 is 0 Å². The van der Waals surface area contributed by atoms with E-state index >= 15 is 0 Å². The first-order valence-electron chi connectivity index (χ1n) is 7.21. The van der Waals surface area contributed by atoms with Crippen LogP contribution in [0.1, 0.15) is 53.2 Å². The molecule has 2 heteroatoms. The molecule has 1 saturated carbocycles. The van der Waals surface area contributed by atoms with E-state index in [2.05, 4.69) is 18.8 Å². The predicted molar refractivity (Wildman–Crippen MR) is 68.5 cm³/mol. The Balaban J connectivity index is 1.88. The Morgan fingerprint density at radius 3 is 2.71 bits per heavy atom. The van der Waals surface area contributed by atoms with E-state index in [4.69, 9.17) is 10.8 Å². The van der Waals surface area contributed by atoms with Crippen LogP contribution in [0.25, 0.3) is 0 Å². The summed E-state index contributed by atoms with van der Waals surface area (Å²) in [5, 5.41) is 0. The predicted octanol–water partition coefficient (Wildman–Crippen LogP) is 3.42. The molecule has 1 aliphatic carbocycles. The molecule has 2 fully saturated rings. The second kappa shape index (κ2) is 6.23. The van der Waals surface area contributed by atoms with E-state index in [1.54, 1.807) is 0 Å². The van der Waals surface area contributed by atoms with E-state index in [0.717, 1.165) is 44.9 Å². The molecule has 2 nitrogen and oxygen atoms in total. The maximum atomic E-state index is 7.99. The maximum Gasteiger partial charge on any atom is 0.169 e. The lowest BCUT2D eigenvalue weighted by molar-refractivity contribution is -0.171. The fraction of sp³-hybridized carbons (Fsp3) is 0.733. The highest BCUT2D eigenvalue weighted by molar-refractivity contribution is 5.22. The molecule has 1 heterocycles. The smallest absolute Gasteiger partial charge is 0.169 e. The van der Waals surface area contributed by atoms with Crippen molar-refractivity contribution in [2.24, 2.45) is 0 Å². The molecule has 1 saturated heterocycles. The van der Waals surface area contributed by atoms with Gasteiger partial charge in [-0.25, -0.2) is 0 Å². The van der Waals surface area contributed by atoms with Crippen molar-refractivity contribution in [3.8, 4) is 11.8 Å². The topological polar surface area (TPSA) is 18.5 Å². The molecule has 0 amide bonds. The molecule has 0 aromatic carbocycles. The molecule has 2 aliphatic rings. The van der Waals surface area contributed by atoms with E-state index in [1.807, 2.05) is 0 Å².